The summed E-state index contributed by atoms with van der Waals surface area (Å²) >= 11 is 5.90. The van der Waals surface area contributed by atoms with Crippen LogP contribution in [0.4, 0.5) is 0 Å². The molecule has 0 radical (unpaired) electrons. The highest BCUT2D eigenvalue weighted by molar-refractivity contribution is 7.44. The van der Waals surface area contributed by atoms with Crippen LogP contribution in [-0.4, -0.2) is 48.3 Å². The molecular formula is C10H11ClN4O6P-. The van der Waals surface area contributed by atoms with Crippen molar-refractivity contribution in [3.8, 4) is 0 Å². The van der Waals surface area contributed by atoms with Gasteiger partial charge in [-0.2, -0.15) is 0 Å². The average molecular weight is 350 g/mol. The second-order valence-electron chi connectivity index (χ2n) is 4.69. The summed E-state index contributed by atoms with van der Waals surface area (Å²) in [5.74, 6) is 0. The standard InChI is InChI=1S/C10H12ClN4O6P/c11-9-8-10(13-3-12-9)15(4-14-8)7-1-5(16)6(21-7)2-20-22(17,18)19/h3-7,16H,1-2H2,(H2,17,18,19)/p-1/t5?,6-,7-/m1/s1. The molecule has 10 nitrogen and oxygen atoms in total. The molecule has 0 aromatic carbocycles. The fourth-order valence-electron chi connectivity index (χ4n) is 2.24. The van der Waals surface area contributed by atoms with E-state index in [-0.39, 0.29) is 11.6 Å². The van der Waals surface area contributed by atoms with Crippen molar-refractivity contribution < 1.29 is 28.7 Å². The van der Waals surface area contributed by atoms with Gasteiger partial charge in [-0.3, -0.25) is 9.13 Å². The molecule has 0 bridgehead atoms. The summed E-state index contributed by atoms with van der Waals surface area (Å²) in [6, 6.07) is 0. The fraction of sp³-hybridized carbons (Fsp3) is 0.500. The quantitative estimate of drug-likeness (QED) is 0.556. The molecule has 2 aromatic heterocycles. The lowest BCUT2D eigenvalue weighted by Gasteiger charge is -2.20. The molecule has 2 unspecified atom stereocenters. The molecule has 2 N–H and O–H groups in total. The number of nitrogens with zero attached hydrogens (tertiary/aromatic N) is 4. The molecule has 3 heterocycles. The number of aliphatic hydroxyl groups is 1. The zero-order valence-electron chi connectivity index (χ0n) is 10.9. The Labute approximate surface area is 128 Å². The van der Waals surface area contributed by atoms with E-state index < -0.39 is 32.9 Å². The van der Waals surface area contributed by atoms with Crippen molar-refractivity contribution in [1.82, 2.24) is 19.5 Å². The van der Waals surface area contributed by atoms with Gasteiger partial charge in [0.2, 0.25) is 0 Å². The number of ether oxygens (including phenoxy) is 1. The number of aliphatic hydroxyl groups excluding tert-OH is 1. The number of fused-ring (bicyclic) bond motifs is 1. The summed E-state index contributed by atoms with van der Waals surface area (Å²) in [4.78, 5) is 31.1. The van der Waals surface area contributed by atoms with Crippen LogP contribution in [0, 0.1) is 0 Å². The highest BCUT2D eigenvalue weighted by Gasteiger charge is 2.36. The van der Waals surface area contributed by atoms with E-state index in [1.807, 2.05) is 0 Å². The maximum atomic E-state index is 10.6. The van der Waals surface area contributed by atoms with Gasteiger partial charge >= 0.3 is 0 Å². The molecule has 2 aromatic rings. The van der Waals surface area contributed by atoms with Gasteiger partial charge in [-0.05, 0) is 0 Å². The lowest BCUT2D eigenvalue weighted by atomic mass is 10.2. The van der Waals surface area contributed by atoms with Crippen LogP contribution >= 0.6 is 19.4 Å². The largest absolute Gasteiger partial charge is 0.756 e. The van der Waals surface area contributed by atoms with Gasteiger partial charge in [-0.15, -0.1) is 0 Å². The monoisotopic (exact) mass is 349 g/mol. The molecule has 0 aliphatic carbocycles. The Morgan fingerprint density at radius 3 is 3.05 bits per heavy atom. The molecule has 1 aliphatic heterocycles. The summed E-state index contributed by atoms with van der Waals surface area (Å²) < 4.78 is 21.9. The Hall–Kier alpha value is -1.13. The molecule has 4 atom stereocenters. The van der Waals surface area contributed by atoms with Crippen LogP contribution in [0.2, 0.25) is 5.15 Å². The van der Waals surface area contributed by atoms with Gasteiger partial charge < -0.3 is 24.2 Å². The predicted molar refractivity (Wildman–Crippen MR) is 70.6 cm³/mol. The SMILES string of the molecule is O=P([O-])(O)OC[C@H]1O[C@@H](n2cnc3c(Cl)ncnc32)CC1O. The van der Waals surface area contributed by atoms with Crippen LogP contribution in [0.15, 0.2) is 12.7 Å². The molecule has 0 saturated carbocycles. The van der Waals surface area contributed by atoms with Gasteiger partial charge in [0.1, 0.15) is 24.2 Å². The second kappa shape index (κ2) is 5.82. The minimum absolute atomic E-state index is 0.176. The van der Waals surface area contributed by atoms with Gasteiger partial charge in [0.15, 0.2) is 10.8 Å². The topological polar surface area (TPSA) is 143 Å². The smallest absolute Gasteiger partial charge is 0.265 e. The number of halogens is 1. The van der Waals surface area contributed by atoms with Gasteiger partial charge in [0.05, 0.1) is 19.0 Å². The van der Waals surface area contributed by atoms with Crippen LogP contribution in [0.1, 0.15) is 12.6 Å². The maximum Gasteiger partial charge on any atom is 0.265 e. The van der Waals surface area contributed by atoms with E-state index in [4.69, 9.17) is 21.2 Å². The third-order valence-electron chi connectivity index (χ3n) is 3.23. The van der Waals surface area contributed by atoms with Crippen LogP contribution in [0.3, 0.4) is 0 Å². The van der Waals surface area contributed by atoms with Gasteiger partial charge in [-0.1, -0.05) is 11.6 Å². The molecule has 120 valence electrons. The van der Waals surface area contributed by atoms with Gasteiger partial charge in [0, 0.05) is 6.42 Å². The summed E-state index contributed by atoms with van der Waals surface area (Å²) in [6.45, 7) is -0.489. The van der Waals surface area contributed by atoms with Crippen molar-refractivity contribution in [3.05, 3.63) is 17.8 Å². The summed E-state index contributed by atoms with van der Waals surface area (Å²) in [5.41, 5.74) is 0.816. The number of rotatable bonds is 4. The van der Waals surface area contributed by atoms with E-state index in [1.165, 1.54) is 12.7 Å². The van der Waals surface area contributed by atoms with E-state index >= 15 is 0 Å². The Balaban J connectivity index is 1.78. The molecule has 22 heavy (non-hydrogen) atoms. The van der Waals surface area contributed by atoms with E-state index in [0.717, 1.165) is 0 Å². The number of aromatic nitrogens is 4. The lowest BCUT2D eigenvalue weighted by Crippen LogP contribution is -2.26. The van der Waals surface area contributed by atoms with Gasteiger partial charge in [0.25, 0.3) is 7.82 Å². The van der Waals surface area contributed by atoms with Gasteiger partial charge in [-0.25, -0.2) is 15.0 Å². The lowest BCUT2D eigenvalue weighted by molar-refractivity contribution is -0.222. The fourth-order valence-corrected chi connectivity index (χ4v) is 2.75. The first-order valence-corrected chi connectivity index (χ1v) is 8.07. The Bertz CT molecular complexity index is 735. The van der Waals surface area contributed by atoms with Crippen LogP contribution in [-0.2, 0) is 13.8 Å². The number of imidazole rings is 1. The molecule has 0 spiro atoms. The van der Waals surface area contributed by atoms with Crippen LogP contribution in [0.5, 0.6) is 0 Å². The summed E-state index contributed by atoms with van der Waals surface area (Å²) in [7, 11) is -4.87. The van der Waals surface area contributed by atoms with E-state index in [9.17, 15) is 14.6 Å². The highest BCUT2D eigenvalue weighted by atomic mass is 35.5. The zero-order valence-corrected chi connectivity index (χ0v) is 12.6. The number of phosphoric acid groups is 1. The third-order valence-corrected chi connectivity index (χ3v) is 3.98. The Morgan fingerprint density at radius 1 is 1.55 bits per heavy atom. The van der Waals surface area contributed by atoms with Crippen molar-refractivity contribution in [3.63, 3.8) is 0 Å². The summed E-state index contributed by atoms with van der Waals surface area (Å²) in [5, 5.41) is 10.1. The predicted octanol–water partition coefficient (Wildman–Crippen LogP) is -0.395. The second-order valence-corrected chi connectivity index (χ2v) is 6.24. The first kappa shape index (κ1) is 15.8. The molecule has 1 fully saturated rings. The van der Waals surface area contributed by atoms with E-state index in [2.05, 4.69) is 19.5 Å². The maximum absolute atomic E-state index is 10.6. The van der Waals surface area contributed by atoms with Crippen LogP contribution < -0.4 is 4.89 Å². The zero-order chi connectivity index (χ0) is 15.9. The highest BCUT2D eigenvalue weighted by Crippen LogP contribution is 2.35. The van der Waals surface area contributed by atoms with Crippen molar-refractivity contribution in [2.24, 2.45) is 0 Å². The Kier molecular flexibility index (Phi) is 4.17. The first-order chi connectivity index (χ1) is 10.3. The molecule has 1 aliphatic rings. The van der Waals surface area contributed by atoms with E-state index in [1.54, 1.807) is 4.57 Å². The van der Waals surface area contributed by atoms with Crippen molar-refractivity contribution in [2.45, 2.75) is 24.9 Å². The molecule has 1 saturated heterocycles. The molecule has 3 rings (SSSR count). The number of hydrogen-bond acceptors (Lipinski definition) is 8. The van der Waals surface area contributed by atoms with Crippen molar-refractivity contribution in [2.75, 3.05) is 6.61 Å². The molecule has 0 amide bonds. The Morgan fingerprint density at radius 2 is 2.32 bits per heavy atom. The van der Waals surface area contributed by atoms with Crippen molar-refractivity contribution >= 4 is 30.6 Å². The normalized spacial score (nSPS) is 28.1. The van der Waals surface area contributed by atoms with Crippen LogP contribution in [0.25, 0.3) is 11.2 Å². The first-order valence-electron chi connectivity index (χ1n) is 6.20. The number of phosphoric ester groups is 1. The molecule has 12 heteroatoms. The van der Waals surface area contributed by atoms with Crippen molar-refractivity contribution in [1.29, 1.82) is 0 Å². The third kappa shape index (κ3) is 3.13. The minimum Gasteiger partial charge on any atom is -0.756 e. The molecular weight excluding hydrogens is 339 g/mol. The number of hydrogen-bond donors (Lipinski definition) is 2. The minimum atomic E-state index is -4.87. The summed E-state index contributed by atoms with van der Waals surface area (Å²) in [6.07, 6.45) is 0.394. The van der Waals surface area contributed by atoms with E-state index in [0.29, 0.717) is 11.2 Å². The average Bonchev–Trinajstić information content (AvgIpc) is 3.00.